The number of halogens is 3. The van der Waals surface area contributed by atoms with Gasteiger partial charge in [-0.05, 0) is 47.9 Å². The summed E-state index contributed by atoms with van der Waals surface area (Å²) in [6, 6.07) is 17.6. The second kappa shape index (κ2) is 10.2. The van der Waals surface area contributed by atoms with E-state index in [1.54, 1.807) is 24.5 Å². The molecule has 1 amide bonds. The van der Waals surface area contributed by atoms with Gasteiger partial charge in [0.1, 0.15) is 12.4 Å². The summed E-state index contributed by atoms with van der Waals surface area (Å²) in [5.41, 5.74) is 4.18. The third-order valence-corrected chi connectivity index (χ3v) is 5.00. The van der Waals surface area contributed by atoms with E-state index in [0.717, 1.165) is 40.6 Å². The van der Waals surface area contributed by atoms with Gasteiger partial charge in [-0.1, -0.05) is 35.9 Å². The Morgan fingerprint density at radius 3 is 2.43 bits per heavy atom. The Hall–Kier alpha value is -4.44. The number of fused-ring (bicyclic) bond motifs is 1. The molecule has 0 bridgehead atoms. The number of carbonyl (C=O) groups excluding carboxylic acids is 2. The first-order valence-corrected chi connectivity index (χ1v) is 10.3. The van der Waals surface area contributed by atoms with Crippen LogP contribution in [0.5, 0.6) is 5.75 Å². The number of ether oxygens (including phenoxy) is 1. The molecule has 10 heteroatoms. The third kappa shape index (κ3) is 5.92. The maximum absolute atomic E-state index is 12.6. The van der Waals surface area contributed by atoms with Gasteiger partial charge in [0.15, 0.2) is 0 Å². The molecular formula is C25H18F3N3O4. The standard InChI is InChI=1S/C25H18F3N3O4/c26-25(27,28)20-10-8-16(9-11-20)23(32)30-31-35-24(33)17-5-3-6-21(12-17)34-15-19-14-29-13-18-4-1-2-7-22(18)19/h1-14,31H,15H2,(H,30,32). The summed E-state index contributed by atoms with van der Waals surface area (Å²) in [7, 11) is 0. The maximum Gasteiger partial charge on any atom is 0.416 e. The molecule has 0 saturated heterocycles. The number of nitrogens with one attached hydrogen (secondary N) is 2. The van der Waals surface area contributed by atoms with E-state index in [2.05, 4.69) is 10.4 Å². The SMILES string of the molecule is O=C(NNOC(=O)c1cccc(OCc2cncc3ccccc23)c1)c1ccc(C(F)(F)F)cc1. The summed E-state index contributed by atoms with van der Waals surface area (Å²) in [5.74, 6) is -1.18. The number of hydrogen-bond acceptors (Lipinski definition) is 6. The average molecular weight is 481 g/mol. The van der Waals surface area contributed by atoms with Crippen molar-refractivity contribution < 1.29 is 32.3 Å². The largest absolute Gasteiger partial charge is 0.489 e. The van der Waals surface area contributed by atoms with Crippen LogP contribution in [-0.4, -0.2) is 16.9 Å². The molecule has 3 aromatic carbocycles. The lowest BCUT2D eigenvalue weighted by Gasteiger charge is -2.11. The van der Waals surface area contributed by atoms with Crippen LogP contribution in [0.2, 0.25) is 0 Å². The van der Waals surface area contributed by atoms with Crippen molar-refractivity contribution in [3.8, 4) is 5.75 Å². The minimum absolute atomic E-state index is 0.0557. The number of hydrogen-bond donors (Lipinski definition) is 2. The van der Waals surface area contributed by atoms with Crippen LogP contribution in [0.1, 0.15) is 31.8 Å². The van der Waals surface area contributed by atoms with Crippen LogP contribution in [0.4, 0.5) is 13.2 Å². The van der Waals surface area contributed by atoms with Crippen LogP contribution in [0.15, 0.2) is 85.2 Å². The van der Waals surface area contributed by atoms with E-state index in [0.29, 0.717) is 5.75 Å². The summed E-state index contributed by atoms with van der Waals surface area (Å²) in [5, 5.41) is 1.99. The van der Waals surface area contributed by atoms with E-state index < -0.39 is 23.6 Å². The van der Waals surface area contributed by atoms with Crippen molar-refractivity contribution in [2.24, 2.45) is 0 Å². The molecule has 178 valence electrons. The van der Waals surface area contributed by atoms with Gasteiger partial charge in [-0.25, -0.2) is 4.79 Å². The lowest BCUT2D eigenvalue weighted by molar-refractivity contribution is -0.137. The zero-order valence-electron chi connectivity index (χ0n) is 18.0. The van der Waals surface area contributed by atoms with Gasteiger partial charge in [-0.3, -0.25) is 15.2 Å². The molecule has 0 fully saturated rings. The van der Waals surface area contributed by atoms with Crippen LogP contribution < -0.4 is 15.8 Å². The van der Waals surface area contributed by atoms with Gasteiger partial charge in [0.2, 0.25) is 0 Å². The highest BCUT2D eigenvalue weighted by molar-refractivity contribution is 5.94. The minimum atomic E-state index is -4.51. The number of hydrazine groups is 1. The summed E-state index contributed by atoms with van der Waals surface area (Å²) in [6.45, 7) is 0.230. The van der Waals surface area contributed by atoms with Crippen molar-refractivity contribution in [3.63, 3.8) is 0 Å². The highest BCUT2D eigenvalue weighted by Gasteiger charge is 2.30. The molecule has 0 aliphatic heterocycles. The maximum atomic E-state index is 12.6. The second-order valence-corrected chi connectivity index (χ2v) is 7.36. The molecule has 4 rings (SSSR count). The van der Waals surface area contributed by atoms with Crippen molar-refractivity contribution in [3.05, 3.63) is 107 Å². The molecule has 1 aromatic heterocycles. The normalized spacial score (nSPS) is 11.2. The Labute approximate surface area is 197 Å². The van der Waals surface area contributed by atoms with E-state index in [9.17, 15) is 22.8 Å². The lowest BCUT2D eigenvalue weighted by atomic mass is 10.1. The number of amides is 1. The molecular weight excluding hydrogens is 463 g/mol. The number of alkyl halides is 3. The predicted molar refractivity (Wildman–Crippen MR) is 120 cm³/mol. The smallest absolute Gasteiger partial charge is 0.416 e. The molecule has 0 spiro atoms. The molecule has 0 unspecified atom stereocenters. The van der Waals surface area contributed by atoms with Gasteiger partial charge in [0, 0.05) is 28.9 Å². The minimum Gasteiger partial charge on any atom is -0.489 e. The molecule has 0 atom stereocenters. The highest BCUT2D eigenvalue weighted by atomic mass is 19.4. The topological polar surface area (TPSA) is 89.6 Å². The zero-order valence-corrected chi connectivity index (χ0v) is 18.0. The zero-order chi connectivity index (χ0) is 24.8. The summed E-state index contributed by atoms with van der Waals surface area (Å²) in [4.78, 5) is 33.3. The van der Waals surface area contributed by atoms with E-state index >= 15 is 0 Å². The van der Waals surface area contributed by atoms with Gasteiger partial charge >= 0.3 is 12.1 Å². The first-order valence-electron chi connectivity index (χ1n) is 10.3. The predicted octanol–water partition coefficient (Wildman–Crippen LogP) is 4.84. The Bertz CT molecular complexity index is 1350. The number of carbonyl (C=O) groups is 2. The highest BCUT2D eigenvalue weighted by Crippen LogP contribution is 2.29. The molecule has 1 heterocycles. The first kappa shape index (κ1) is 23.7. The summed E-state index contributed by atoms with van der Waals surface area (Å²) >= 11 is 0. The van der Waals surface area contributed by atoms with Crippen LogP contribution in [0.25, 0.3) is 10.8 Å². The fraction of sp³-hybridized carbons (Fsp3) is 0.0800. The fourth-order valence-electron chi connectivity index (χ4n) is 3.23. The van der Waals surface area contributed by atoms with Crippen molar-refractivity contribution in [2.75, 3.05) is 0 Å². The van der Waals surface area contributed by atoms with Crippen molar-refractivity contribution >= 4 is 22.6 Å². The molecule has 0 saturated carbocycles. The lowest BCUT2D eigenvalue weighted by Crippen LogP contribution is -2.38. The third-order valence-electron chi connectivity index (χ3n) is 5.00. The van der Waals surface area contributed by atoms with Gasteiger partial charge in [0.05, 0.1) is 11.1 Å². The first-order chi connectivity index (χ1) is 16.8. The molecule has 2 N–H and O–H groups in total. The number of nitrogens with zero attached hydrogens (tertiary/aromatic N) is 1. The van der Waals surface area contributed by atoms with E-state index in [-0.39, 0.29) is 17.7 Å². The number of pyridine rings is 1. The number of rotatable bonds is 7. The van der Waals surface area contributed by atoms with Crippen LogP contribution >= 0.6 is 0 Å². The van der Waals surface area contributed by atoms with Crippen LogP contribution in [0, 0.1) is 0 Å². The van der Waals surface area contributed by atoms with Gasteiger partial charge in [-0.2, -0.15) is 13.2 Å². The van der Waals surface area contributed by atoms with Crippen molar-refractivity contribution in [2.45, 2.75) is 12.8 Å². The molecule has 35 heavy (non-hydrogen) atoms. The second-order valence-electron chi connectivity index (χ2n) is 7.36. The fourth-order valence-corrected chi connectivity index (χ4v) is 3.23. The Balaban J connectivity index is 1.31. The molecule has 0 radical (unpaired) electrons. The van der Waals surface area contributed by atoms with E-state index in [1.165, 1.54) is 12.1 Å². The van der Waals surface area contributed by atoms with Crippen LogP contribution in [-0.2, 0) is 17.6 Å². The number of aromatic nitrogens is 1. The van der Waals surface area contributed by atoms with Crippen molar-refractivity contribution in [1.82, 2.24) is 16.0 Å². The number of benzene rings is 3. The summed E-state index contributed by atoms with van der Waals surface area (Å²) in [6.07, 6.45) is -1.03. The van der Waals surface area contributed by atoms with Gasteiger partial charge < -0.3 is 9.57 Å². The monoisotopic (exact) mass is 481 g/mol. The van der Waals surface area contributed by atoms with Gasteiger partial charge in [-0.15, -0.1) is 0 Å². The van der Waals surface area contributed by atoms with E-state index in [4.69, 9.17) is 9.57 Å². The van der Waals surface area contributed by atoms with E-state index in [1.807, 2.05) is 29.9 Å². The Morgan fingerprint density at radius 1 is 0.886 bits per heavy atom. The Morgan fingerprint density at radius 2 is 1.66 bits per heavy atom. The van der Waals surface area contributed by atoms with Crippen LogP contribution in [0.3, 0.4) is 0 Å². The molecule has 0 aliphatic carbocycles. The molecule has 7 nitrogen and oxygen atoms in total. The quantitative estimate of drug-likeness (QED) is 0.367. The summed E-state index contributed by atoms with van der Waals surface area (Å²) < 4.78 is 43.7. The van der Waals surface area contributed by atoms with Gasteiger partial charge in [0.25, 0.3) is 5.91 Å². The Kier molecular flexibility index (Phi) is 6.93. The average Bonchev–Trinajstić information content (AvgIpc) is 2.87. The van der Waals surface area contributed by atoms with Crippen molar-refractivity contribution in [1.29, 1.82) is 0 Å². The molecule has 4 aromatic rings. The molecule has 0 aliphatic rings.